The second-order valence-electron chi connectivity index (χ2n) is 5.65. The zero-order valence-corrected chi connectivity index (χ0v) is 12.2. The van der Waals surface area contributed by atoms with Crippen molar-refractivity contribution in [1.29, 1.82) is 0 Å². The molecule has 6 heteroatoms. The summed E-state index contributed by atoms with van der Waals surface area (Å²) in [7, 11) is 0. The van der Waals surface area contributed by atoms with Gasteiger partial charge in [0.05, 0.1) is 39.6 Å². The van der Waals surface area contributed by atoms with Crippen molar-refractivity contribution in [2.75, 3.05) is 39.6 Å². The van der Waals surface area contributed by atoms with Crippen molar-refractivity contribution in [2.24, 2.45) is 5.41 Å². The third-order valence-electron chi connectivity index (χ3n) is 2.57. The Hall–Kier alpha value is -0.950. The molecule has 0 saturated carbocycles. The Morgan fingerprint density at radius 1 is 1.25 bits per heavy atom. The van der Waals surface area contributed by atoms with E-state index in [2.05, 4.69) is 20.4 Å². The summed E-state index contributed by atoms with van der Waals surface area (Å²) in [6.45, 7) is 11.8. The van der Waals surface area contributed by atoms with Crippen LogP contribution >= 0.6 is 0 Å². The van der Waals surface area contributed by atoms with E-state index in [0.29, 0.717) is 12.2 Å². The highest BCUT2D eigenvalue weighted by atomic mass is 16.6. The van der Waals surface area contributed by atoms with Gasteiger partial charge in [0.25, 0.3) is 0 Å². The Morgan fingerprint density at radius 2 is 1.60 bits per heavy atom. The molecule has 2 aliphatic rings. The maximum absolute atomic E-state index is 9.25. The molecule has 2 unspecified atom stereocenters. The second kappa shape index (κ2) is 8.36. The molecule has 0 bridgehead atoms. The standard InChI is InChI=1S/C11H20O4.C3H4O2/c1-11(2,7-12-3-9-5-14-9)8-13-4-10-6-15-10;1-2-3(4)5/h9-10H,3-8H2,1-2H3;2H,1H2,(H,4,5). The maximum atomic E-state index is 9.25. The van der Waals surface area contributed by atoms with Crippen LogP contribution in [-0.2, 0) is 23.7 Å². The van der Waals surface area contributed by atoms with Gasteiger partial charge in [-0.2, -0.15) is 0 Å². The van der Waals surface area contributed by atoms with Gasteiger partial charge in [0.1, 0.15) is 12.2 Å². The van der Waals surface area contributed by atoms with E-state index in [9.17, 15) is 4.79 Å². The fourth-order valence-electron chi connectivity index (χ4n) is 1.30. The van der Waals surface area contributed by atoms with Crippen molar-refractivity contribution < 1.29 is 28.8 Å². The number of epoxide rings is 2. The van der Waals surface area contributed by atoms with Crippen LogP contribution in [0.5, 0.6) is 0 Å². The molecular weight excluding hydrogens is 264 g/mol. The van der Waals surface area contributed by atoms with E-state index in [1.54, 1.807) is 0 Å². The van der Waals surface area contributed by atoms with Crippen LogP contribution in [-0.4, -0.2) is 62.9 Å². The van der Waals surface area contributed by atoms with Crippen molar-refractivity contribution in [3.8, 4) is 0 Å². The molecular formula is C14H24O6. The topological polar surface area (TPSA) is 80.8 Å². The lowest BCUT2D eigenvalue weighted by atomic mass is 9.96. The van der Waals surface area contributed by atoms with Crippen LogP contribution in [0.4, 0.5) is 0 Å². The zero-order chi connectivity index (χ0) is 15.0. The molecule has 2 aliphatic heterocycles. The molecule has 0 spiro atoms. The van der Waals surface area contributed by atoms with Gasteiger partial charge >= 0.3 is 5.97 Å². The Balaban J connectivity index is 0.000000347. The van der Waals surface area contributed by atoms with Crippen LogP contribution in [0.1, 0.15) is 13.8 Å². The molecule has 20 heavy (non-hydrogen) atoms. The van der Waals surface area contributed by atoms with Crippen molar-refractivity contribution in [3.63, 3.8) is 0 Å². The molecule has 0 aliphatic carbocycles. The fraction of sp³-hybridized carbons (Fsp3) is 0.786. The Bertz CT molecular complexity index is 287. The first-order valence-electron chi connectivity index (χ1n) is 6.67. The normalized spacial score (nSPS) is 23.5. The number of carbonyl (C=O) groups is 1. The minimum atomic E-state index is -0.981. The number of aliphatic carboxylic acids is 1. The monoisotopic (exact) mass is 288 g/mol. The van der Waals surface area contributed by atoms with Gasteiger partial charge in [0.15, 0.2) is 0 Å². The van der Waals surface area contributed by atoms with Crippen LogP contribution in [0.15, 0.2) is 12.7 Å². The molecule has 2 saturated heterocycles. The van der Waals surface area contributed by atoms with Crippen LogP contribution in [0, 0.1) is 5.41 Å². The van der Waals surface area contributed by atoms with Gasteiger partial charge in [-0.05, 0) is 0 Å². The third kappa shape index (κ3) is 9.91. The van der Waals surface area contributed by atoms with Crippen molar-refractivity contribution in [1.82, 2.24) is 0 Å². The van der Waals surface area contributed by atoms with E-state index in [1.807, 2.05) is 0 Å². The van der Waals surface area contributed by atoms with Gasteiger partial charge in [-0.1, -0.05) is 20.4 Å². The van der Waals surface area contributed by atoms with E-state index < -0.39 is 5.97 Å². The minimum Gasteiger partial charge on any atom is -0.478 e. The largest absolute Gasteiger partial charge is 0.478 e. The molecule has 116 valence electrons. The van der Waals surface area contributed by atoms with Gasteiger partial charge in [-0.15, -0.1) is 0 Å². The summed E-state index contributed by atoms with van der Waals surface area (Å²) in [5.74, 6) is -0.981. The predicted molar refractivity (Wildman–Crippen MR) is 72.7 cm³/mol. The molecule has 0 aromatic rings. The number of ether oxygens (including phenoxy) is 4. The van der Waals surface area contributed by atoms with Crippen molar-refractivity contribution in [3.05, 3.63) is 12.7 Å². The molecule has 0 radical (unpaired) electrons. The number of rotatable bonds is 9. The molecule has 0 amide bonds. The quantitative estimate of drug-likeness (QED) is 0.505. The lowest BCUT2D eigenvalue weighted by molar-refractivity contribution is -0.131. The molecule has 0 aromatic carbocycles. The predicted octanol–water partition coefficient (Wildman–Crippen LogP) is 1.10. The highest BCUT2D eigenvalue weighted by molar-refractivity contribution is 5.78. The van der Waals surface area contributed by atoms with Crippen LogP contribution in [0.2, 0.25) is 0 Å². The first-order valence-corrected chi connectivity index (χ1v) is 6.67. The van der Waals surface area contributed by atoms with E-state index >= 15 is 0 Å². The summed E-state index contributed by atoms with van der Waals surface area (Å²) >= 11 is 0. The van der Waals surface area contributed by atoms with E-state index in [4.69, 9.17) is 24.1 Å². The Kier molecular flexibility index (Phi) is 7.15. The van der Waals surface area contributed by atoms with Crippen molar-refractivity contribution >= 4 is 5.97 Å². The molecule has 2 atom stereocenters. The minimum absolute atomic E-state index is 0.0732. The summed E-state index contributed by atoms with van der Waals surface area (Å²) in [4.78, 5) is 9.25. The van der Waals surface area contributed by atoms with E-state index in [1.165, 1.54) is 0 Å². The second-order valence-corrected chi connectivity index (χ2v) is 5.65. The SMILES string of the molecule is C=CC(=O)O.CC(C)(COCC1CO1)COCC1CO1. The van der Waals surface area contributed by atoms with Gasteiger partial charge in [0.2, 0.25) is 0 Å². The zero-order valence-electron chi connectivity index (χ0n) is 12.2. The molecule has 2 rings (SSSR count). The molecule has 1 N–H and O–H groups in total. The summed E-state index contributed by atoms with van der Waals surface area (Å²) in [5.41, 5.74) is 0.0732. The summed E-state index contributed by atoms with van der Waals surface area (Å²) in [6, 6.07) is 0. The van der Waals surface area contributed by atoms with Gasteiger partial charge in [-0.3, -0.25) is 0 Å². The van der Waals surface area contributed by atoms with E-state index in [-0.39, 0.29) is 5.41 Å². The summed E-state index contributed by atoms with van der Waals surface area (Å²) in [5, 5.41) is 7.60. The molecule has 0 aromatic heterocycles. The van der Waals surface area contributed by atoms with Crippen molar-refractivity contribution in [2.45, 2.75) is 26.1 Å². The first-order chi connectivity index (χ1) is 9.43. The average Bonchev–Trinajstić information content (AvgIpc) is 3.23. The van der Waals surface area contributed by atoms with Gasteiger partial charge in [-0.25, -0.2) is 4.79 Å². The maximum Gasteiger partial charge on any atom is 0.327 e. The van der Waals surface area contributed by atoms with Crippen LogP contribution in [0.25, 0.3) is 0 Å². The van der Waals surface area contributed by atoms with Crippen LogP contribution in [0.3, 0.4) is 0 Å². The third-order valence-corrected chi connectivity index (χ3v) is 2.57. The number of carboxylic acid groups (broad SMARTS) is 1. The first kappa shape index (κ1) is 17.1. The number of hydrogen-bond donors (Lipinski definition) is 1. The lowest BCUT2D eigenvalue weighted by Crippen LogP contribution is -2.27. The summed E-state index contributed by atoms with van der Waals surface area (Å²) < 4.78 is 21.3. The van der Waals surface area contributed by atoms with Gasteiger partial charge in [0, 0.05) is 11.5 Å². The smallest absolute Gasteiger partial charge is 0.327 e. The Labute approximate surface area is 119 Å². The fourth-order valence-corrected chi connectivity index (χ4v) is 1.30. The molecule has 2 fully saturated rings. The summed E-state index contributed by atoms with van der Waals surface area (Å²) in [6.07, 6.45) is 1.53. The van der Waals surface area contributed by atoms with Crippen LogP contribution < -0.4 is 0 Å². The average molecular weight is 288 g/mol. The number of carboxylic acids is 1. The Morgan fingerprint density at radius 3 is 1.85 bits per heavy atom. The molecule has 2 heterocycles. The highest BCUT2D eigenvalue weighted by Crippen LogP contribution is 2.19. The van der Waals surface area contributed by atoms with Gasteiger partial charge < -0.3 is 24.1 Å². The van der Waals surface area contributed by atoms with E-state index in [0.717, 1.165) is 45.7 Å². The lowest BCUT2D eigenvalue weighted by Gasteiger charge is -2.23. The molecule has 6 nitrogen and oxygen atoms in total. The highest BCUT2D eigenvalue weighted by Gasteiger charge is 2.27. The number of hydrogen-bond acceptors (Lipinski definition) is 5.